The molecule has 15 heavy (non-hydrogen) atoms. The standard InChI is InChI=1S/C11H13NO2.ClH/c13-11(14)7-9-6-5-8-3-1-2-4-10(8)12-9;/h1-4,9,12H,5-7H2,(H,13,14);1H. The summed E-state index contributed by atoms with van der Waals surface area (Å²) in [5, 5.41) is 11.9. The first-order chi connectivity index (χ1) is 6.75. The lowest BCUT2D eigenvalue weighted by Crippen LogP contribution is -2.27. The van der Waals surface area contributed by atoms with Gasteiger partial charge in [-0.05, 0) is 24.5 Å². The smallest absolute Gasteiger partial charge is 0.305 e. The van der Waals surface area contributed by atoms with Crippen molar-refractivity contribution in [3.05, 3.63) is 29.8 Å². The van der Waals surface area contributed by atoms with Crippen LogP contribution in [0.3, 0.4) is 0 Å². The van der Waals surface area contributed by atoms with Gasteiger partial charge in [0.15, 0.2) is 0 Å². The Bertz CT molecular complexity index is 354. The van der Waals surface area contributed by atoms with Gasteiger partial charge >= 0.3 is 5.97 Å². The van der Waals surface area contributed by atoms with Crippen LogP contribution in [0.15, 0.2) is 24.3 Å². The van der Waals surface area contributed by atoms with Crippen LogP contribution < -0.4 is 5.32 Å². The maximum Gasteiger partial charge on any atom is 0.305 e. The molecule has 0 aliphatic carbocycles. The zero-order chi connectivity index (χ0) is 9.97. The molecule has 1 aliphatic heterocycles. The minimum atomic E-state index is -0.734. The van der Waals surface area contributed by atoms with Crippen molar-refractivity contribution in [2.45, 2.75) is 25.3 Å². The summed E-state index contributed by atoms with van der Waals surface area (Å²) in [6.45, 7) is 0. The molecule has 2 N–H and O–H groups in total. The van der Waals surface area contributed by atoms with Gasteiger partial charge in [-0.3, -0.25) is 4.79 Å². The number of carbonyl (C=O) groups is 1. The van der Waals surface area contributed by atoms with Crippen molar-refractivity contribution in [3.63, 3.8) is 0 Å². The van der Waals surface area contributed by atoms with Crippen LogP contribution in [0.25, 0.3) is 0 Å². The summed E-state index contributed by atoms with van der Waals surface area (Å²) in [4.78, 5) is 10.5. The molecule has 1 aromatic rings. The third-order valence-electron chi connectivity index (χ3n) is 2.56. The second-order valence-electron chi connectivity index (χ2n) is 3.63. The van der Waals surface area contributed by atoms with Crippen LogP contribution in [0, 0.1) is 0 Å². The van der Waals surface area contributed by atoms with Crippen LogP contribution in [0.4, 0.5) is 5.69 Å². The fourth-order valence-corrected chi connectivity index (χ4v) is 1.86. The molecule has 0 fully saturated rings. The molecule has 0 amide bonds. The van der Waals surface area contributed by atoms with E-state index in [-0.39, 0.29) is 24.9 Å². The van der Waals surface area contributed by atoms with E-state index in [1.807, 2.05) is 18.2 Å². The quantitative estimate of drug-likeness (QED) is 0.815. The topological polar surface area (TPSA) is 49.3 Å². The Balaban J connectivity index is 0.00000112. The Morgan fingerprint density at radius 1 is 1.47 bits per heavy atom. The summed E-state index contributed by atoms with van der Waals surface area (Å²) >= 11 is 0. The predicted molar refractivity (Wildman–Crippen MR) is 61.7 cm³/mol. The third-order valence-corrected chi connectivity index (χ3v) is 2.56. The fraction of sp³-hybridized carbons (Fsp3) is 0.364. The van der Waals surface area contributed by atoms with Gasteiger partial charge in [0, 0.05) is 11.7 Å². The lowest BCUT2D eigenvalue weighted by molar-refractivity contribution is -0.137. The van der Waals surface area contributed by atoms with E-state index in [1.165, 1.54) is 5.56 Å². The number of benzene rings is 1. The van der Waals surface area contributed by atoms with E-state index in [0.717, 1.165) is 18.5 Å². The van der Waals surface area contributed by atoms with Crippen LogP contribution >= 0.6 is 12.4 Å². The number of fused-ring (bicyclic) bond motifs is 1. The highest BCUT2D eigenvalue weighted by atomic mass is 35.5. The van der Waals surface area contributed by atoms with Crippen molar-refractivity contribution in [2.24, 2.45) is 0 Å². The molecule has 82 valence electrons. The number of aliphatic carboxylic acids is 1. The molecule has 1 unspecified atom stereocenters. The molecule has 1 aromatic carbocycles. The SMILES string of the molecule is Cl.O=C(O)CC1CCc2ccccc2N1. The Hall–Kier alpha value is -1.22. The van der Waals surface area contributed by atoms with Crippen LogP contribution in [-0.4, -0.2) is 17.1 Å². The van der Waals surface area contributed by atoms with Crippen molar-refractivity contribution in [3.8, 4) is 0 Å². The van der Waals surface area contributed by atoms with E-state index in [0.29, 0.717) is 0 Å². The molecular weight excluding hydrogens is 214 g/mol. The Morgan fingerprint density at radius 2 is 2.20 bits per heavy atom. The number of carboxylic acid groups (broad SMARTS) is 1. The molecule has 1 heterocycles. The molecule has 0 aromatic heterocycles. The van der Waals surface area contributed by atoms with Gasteiger partial charge in [0.25, 0.3) is 0 Å². The normalized spacial score (nSPS) is 18.3. The number of hydrogen-bond donors (Lipinski definition) is 2. The van der Waals surface area contributed by atoms with E-state index >= 15 is 0 Å². The van der Waals surface area contributed by atoms with Gasteiger partial charge in [0.05, 0.1) is 6.42 Å². The first kappa shape index (κ1) is 11.9. The number of nitrogens with one attached hydrogen (secondary N) is 1. The van der Waals surface area contributed by atoms with E-state index in [4.69, 9.17) is 5.11 Å². The summed E-state index contributed by atoms with van der Waals surface area (Å²) in [7, 11) is 0. The summed E-state index contributed by atoms with van der Waals surface area (Å²) in [5.41, 5.74) is 2.37. The maximum absolute atomic E-state index is 10.5. The number of para-hydroxylation sites is 1. The van der Waals surface area contributed by atoms with Gasteiger partial charge in [0.1, 0.15) is 0 Å². The molecule has 0 saturated carbocycles. The van der Waals surface area contributed by atoms with Gasteiger partial charge in [-0.15, -0.1) is 12.4 Å². The third kappa shape index (κ3) is 2.86. The van der Waals surface area contributed by atoms with Crippen molar-refractivity contribution in [1.29, 1.82) is 0 Å². The van der Waals surface area contributed by atoms with Crippen LogP contribution in [0.5, 0.6) is 0 Å². The molecular formula is C11H14ClNO2. The van der Waals surface area contributed by atoms with Crippen LogP contribution in [0.2, 0.25) is 0 Å². The summed E-state index contributed by atoms with van der Waals surface area (Å²) in [5.74, 6) is -0.734. The maximum atomic E-state index is 10.5. The minimum Gasteiger partial charge on any atom is -0.481 e. The number of anilines is 1. The highest BCUT2D eigenvalue weighted by Gasteiger charge is 2.18. The average molecular weight is 228 g/mol. The van der Waals surface area contributed by atoms with Crippen LogP contribution in [-0.2, 0) is 11.2 Å². The number of halogens is 1. The molecule has 0 radical (unpaired) electrons. The number of aryl methyl sites for hydroxylation is 1. The van der Waals surface area contributed by atoms with Crippen molar-refractivity contribution in [2.75, 3.05) is 5.32 Å². The fourth-order valence-electron chi connectivity index (χ4n) is 1.86. The van der Waals surface area contributed by atoms with Crippen molar-refractivity contribution < 1.29 is 9.90 Å². The van der Waals surface area contributed by atoms with Gasteiger partial charge in [-0.25, -0.2) is 0 Å². The van der Waals surface area contributed by atoms with Crippen molar-refractivity contribution >= 4 is 24.1 Å². The molecule has 4 heteroatoms. The zero-order valence-electron chi connectivity index (χ0n) is 8.27. The van der Waals surface area contributed by atoms with E-state index in [1.54, 1.807) is 0 Å². The number of carboxylic acids is 1. The van der Waals surface area contributed by atoms with Gasteiger partial charge < -0.3 is 10.4 Å². The van der Waals surface area contributed by atoms with Gasteiger partial charge in [-0.2, -0.15) is 0 Å². The van der Waals surface area contributed by atoms with Gasteiger partial charge in [0.2, 0.25) is 0 Å². The Kier molecular flexibility index (Phi) is 3.97. The first-order valence-electron chi connectivity index (χ1n) is 4.82. The Labute approximate surface area is 94.9 Å². The molecule has 3 nitrogen and oxygen atoms in total. The van der Waals surface area contributed by atoms with Crippen molar-refractivity contribution in [1.82, 2.24) is 0 Å². The lowest BCUT2D eigenvalue weighted by Gasteiger charge is -2.25. The predicted octanol–water partition coefficient (Wildman–Crippen LogP) is 2.31. The molecule has 1 aliphatic rings. The largest absolute Gasteiger partial charge is 0.481 e. The van der Waals surface area contributed by atoms with E-state index in [9.17, 15) is 4.79 Å². The van der Waals surface area contributed by atoms with Gasteiger partial charge in [-0.1, -0.05) is 18.2 Å². The number of rotatable bonds is 2. The summed E-state index contributed by atoms with van der Waals surface area (Å²) in [6.07, 6.45) is 2.08. The number of hydrogen-bond acceptors (Lipinski definition) is 2. The summed E-state index contributed by atoms with van der Waals surface area (Å²) in [6, 6.07) is 8.15. The van der Waals surface area contributed by atoms with E-state index < -0.39 is 5.97 Å². The first-order valence-corrected chi connectivity index (χ1v) is 4.82. The Morgan fingerprint density at radius 3 is 2.93 bits per heavy atom. The second kappa shape index (κ2) is 5.03. The second-order valence-corrected chi connectivity index (χ2v) is 3.63. The highest BCUT2D eigenvalue weighted by molar-refractivity contribution is 5.85. The zero-order valence-corrected chi connectivity index (χ0v) is 9.09. The molecule has 2 rings (SSSR count). The minimum absolute atomic E-state index is 0. The molecule has 0 spiro atoms. The lowest BCUT2D eigenvalue weighted by atomic mass is 9.96. The summed E-state index contributed by atoms with van der Waals surface area (Å²) < 4.78 is 0. The molecule has 1 atom stereocenters. The molecule has 0 bridgehead atoms. The monoisotopic (exact) mass is 227 g/mol. The van der Waals surface area contributed by atoms with Crippen LogP contribution in [0.1, 0.15) is 18.4 Å². The average Bonchev–Trinajstić information content (AvgIpc) is 2.17. The highest BCUT2D eigenvalue weighted by Crippen LogP contribution is 2.25. The molecule has 0 saturated heterocycles. The van der Waals surface area contributed by atoms with E-state index in [2.05, 4.69) is 11.4 Å².